The SMILES string of the molecule is Fc1ccc2ccn(CCCBr)c2c1. The average Bonchev–Trinajstić information content (AvgIpc) is 2.57. The number of alkyl halides is 1. The van der Waals surface area contributed by atoms with Gasteiger partial charge in [0.1, 0.15) is 5.82 Å². The van der Waals surface area contributed by atoms with Crippen LogP contribution in [0.1, 0.15) is 6.42 Å². The van der Waals surface area contributed by atoms with Crippen LogP contribution in [-0.4, -0.2) is 9.90 Å². The standard InChI is InChI=1S/C11H11BrFN/c12-5-1-6-14-7-4-9-2-3-10(13)8-11(9)14/h2-4,7-8H,1,5-6H2. The number of benzene rings is 1. The molecular weight excluding hydrogens is 245 g/mol. The van der Waals surface area contributed by atoms with E-state index in [-0.39, 0.29) is 5.82 Å². The van der Waals surface area contributed by atoms with Crippen LogP contribution < -0.4 is 0 Å². The molecule has 0 aliphatic rings. The normalized spacial score (nSPS) is 11.0. The van der Waals surface area contributed by atoms with E-state index in [1.165, 1.54) is 6.07 Å². The minimum absolute atomic E-state index is 0.170. The summed E-state index contributed by atoms with van der Waals surface area (Å²) in [4.78, 5) is 0. The first-order chi connectivity index (χ1) is 6.81. The molecule has 14 heavy (non-hydrogen) atoms. The van der Waals surface area contributed by atoms with E-state index in [1.807, 2.05) is 18.3 Å². The van der Waals surface area contributed by atoms with Crippen LogP contribution in [0.3, 0.4) is 0 Å². The first kappa shape index (κ1) is 9.71. The lowest BCUT2D eigenvalue weighted by Gasteiger charge is -2.03. The fraction of sp³-hybridized carbons (Fsp3) is 0.273. The van der Waals surface area contributed by atoms with Crippen LogP contribution in [0, 0.1) is 5.82 Å². The third-order valence-electron chi connectivity index (χ3n) is 2.27. The highest BCUT2D eigenvalue weighted by Gasteiger charge is 2.01. The van der Waals surface area contributed by atoms with Crippen LogP contribution in [0.2, 0.25) is 0 Å². The van der Waals surface area contributed by atoms with Gasteiger partial charge in [-0.1, -0.05) is 15.9 Å². The van der Waals surface area contributed by atoms with Gasteiger partial charge in [-0.3, -0.25) is 0 Å². The van der Waals surface area contributed by atoms with E-state index in [4.69, 9.17) is 0 Å². The highest BCUT2D eigenvalue weighted by atomic mass is 79.9. The second-order valence-corrected chi connectivity index (χ2v) is 4.05. The van der Waals surface area contributed by atoms with Gasteiger partial charge in [0.15, 0.2) is 0 Å². The summed E-state index contributed by atoms with van der Waals surface area (Å²) in [6.45, 7) is 0.929. The molecule has 0 N–H and O–H groups in total. The second kappa shape index (κ2) is 4.13. The third kappa shape index (κ3) is 1.82. The van der Waals surface area contributed by atoms with Crippen molar-refractivity contribution in [1.29, 1.82) is 0 Å². The lowest BCUT2D eigenvalue weighted by molar-refractivity contribution is 0.627. The lowest BCUT2D eigenvalue weighted by Crippen LogP contribution is -1.96. The first-order valence-electron chi connectivity index (χ1n) is 4.61. The molecule has 0 unspecified atom stereocenters. The maximum absolute atomic E-state index is 13.0. The van der Waals surface area contributed by atoms with E-state index in [0.717, 1.165) is 29.2 Å². The Bertz CT molecular complexity index is 436. The number of rotatable bonds is 3. The van der Waals surface area contributed by atoms with Crippen LogP contribution in [-0.2, 0) is 6.54 Å². The number of hydrogen-bond donors (Lipinski definition) is 0. The van der Waals surface area contributed by atoms with Crippen molar-refractivity contribution in [2.75, 3.05) is 5.33 Å². The van der Waals surface area contributed by atoms with Gasteiger partial charge in [0.05, 0.1) is 5.52 Å². The van der Waals surface area contributed by atoms with Crippen LogP contribution in [0.5, 0.6) is 0 Å². The zero-order valence-electron chi connectivity index (χ0n) is 7.71. The second-order valence-electron chi connectivity index (χ2n) is 3.25. The molecule has 1 heterocycles. The summed E-state index contributed by atoms with van der Waals surface area (Å²) in [7, 11) is 0. The van der Waals surface area contributed by atoms with E-state index in [0.29, 0.717) is 0 Å². The Morgan fingerprint density at radius 2 is 2.14 bits per heavy atom. The Balaban J connectivity index is 2.40. The molecule has 0 spiro atoms. The van der Waals surface area contributed by atoms with Crippen molar-refractivity contribution in [3.8, 4) is 0 Å². The van der Waals surface area contributed by atoms with Crippen LogP contribution >= 0.6 is 15.9 Å². The summed E-state index contributed by atoms with van der Waals surface area (Å²) in [5, 5.41) is 2.07. The number of halogens is 2. The fourth-order valence-corrected chi connectivity index (χ4v) is 1.83. The minimum Gasteiger partial charge on any atom is -0.347 e. The summed E-state index contributed by atoms with van der Waals surface area (Å²) < 4.78 is 15.1. The van der Waals surface area contributed by atoms with Crippen molar-refractivity contribution in [3.05, 3.63) is 36.3 Å². The average molecular weight is 256 g/mol. The first-order valence-corrected chi connectivity index (χ1v) is 5.74. The number of fused-ring (bicyclic) bond motifs is 1. The molecule has 0 saturated heterocycles. The molecule has 0 aliphatic carbocycles. The van der Waals surface area contributed by atoms with Gasteiger partial charge in [-0.25, -0.2) is 4.39 Å². The van der Waals surface area contributed by atoms with Crippen molar-refractivity contribution >= 4 is 26.8 Å². The van der Waals surface area contributed by atoms with Crippen molar-refractivity contribution in [1.82, 2.24) is 4.57 Å². The maximum Gasteiger partial charge on any atom is 0.125 e. The molecule has 74 valence electrons. The van der Waals surface area contributed by atoms with Crippen molar-refractivity contribution in [2.24, 2.45) is 0 Å². The topological polar surface area (TPSA) is 4.93 Å². The quantitative estimate of drug-likeness (QED) is 0.740. The zero-order chi connectivity index (χ0) is 9.97. The van der Waals surface area contributed by atoms with Gasteiger partial charge in [-0.2, -0.15) is 0 Å². The molecule has 0 fully saturated rings. The molecule has 1 aromatic carbocycles. The highest BCUT2D eigenvalue weighted by Crippen LogP contribution is 2.17. The van der Waals surface area contributed by atoms with Crippen molar-refractivity contribution < 1.29 is 4.39 Å². The molecule has 0 bridgehead atoms. The number of nitrogens with zero attached hydrogens (tertiary/aromatic N) is 1. The molecule has 0 amide bonds. The Hall–Kier alpha value is -0.830. The van der Waals surface area contributed by atoms with Gasteiger partial charge >= 0.3 is 0 Å². The molecule has 2 aromatic rings. The van der Waals surface area contributed by atoms with Crippen LogP contribution in [0.4, 0.5) is 4.39 Å². The Labute approximate surface area is 90.7 Å². The van der Waals surface area contributed by atoms with Gasteiger partial charge in [-0.15, -0.1) is 0 Å². The molecule has 1 nitrogen and oxygen atoms in total. The summed E-state index contributed by atoms with van der Waals surface area (Å²) in [6, 6.07) is 6.92. The third-order valence-corrected chi connectivity index (χ3v) is 2.83. The molecule has 0 aliphatic heterocycles. The van der Waals surface area contributed by atoms with Gasteiger partial charge in [0.2, 0.25) is 0 Å². The van der Waals surface area contributed by atoms with E-state index < -0.39 is 0 Å². The number of aryl methyl sites for hydroxylation is 1. The van der Waals surface area contributed by atoms with E-state index in [1.54, 1.807) is 6.07 Å². The Morgan fingerprint density at radius 1 is 1.29 bits per heavy atom. The molecule has 0 radical (unpaired) electrons. The maximum atomic E-state index is 13.0. The predicted molar refractivity (Wildman–Crippen MR) is 60.3 cm³/mol. The Morgan fingerprint density at radius 3 is 2.93 bits per heavy atom. The van der Waals surface area contributed by atoms with Crippen molar-refractivity contribution in [2.45, 2.75) is 13.0 Å². The molecule has 3 heteroatoms. The molecular formula is C11H11BrFN. The molecule has 2 rings (SSSR count). The highest BCUT2D eigenvalue weighted by molar-refractivity contribution is 9.09. The largest absolute Gasteiger partial charge is 0.347 e. The zero-order valence-corrected chi connectivity index (χ0v) is 9.30. The Kier molecular flexibility index (Phi) is 2.87. The summed E-state index contributed by atoms with van der Waals surface area (Å²) in [5.41, 5.74) is 0.978. The van der Waals surface area contributed by atoms with Crippen molar-refractivity contribution in [3.63, 3.8) is 0 Å². The number of hydrogen-bond acceptors (Lipinski definition) is 0. The van der Waals surface area contributed by atoms with Gasteiger partial charge in [0, 0.05) is 18.1 Å². The summed E-state index contributed by atoms with van der Waals surface area (Å²) in [6.07, 6.45) is 3.06. The fourth-order valence-electron chi connectivity index (χ4n) is 1.58. The predicted octanol–water partition coefficient (Wildman–Crippen LogP) is 3.57. The van der Waals surface area contributed by atoms with Gasteiger partial charge in [0.25, 0.3) is 0 Å². The molecule has 0 atom stereocenters. The van der Waals surface area contributed by atoms with E-state index >= 15 is 0 Å². The molecule has 1 aromatic heterocycles. The molecule has 0 saturated carbocycles. The van der Waals surface area contributed by atoms with E-state index in [9.17, 15) is 4.39 Å². The van der Waals surface area contributed by atoms with E-state index in [2.05, 4.69) is 20.5 Å². The monoisotopic (exact) mass is 255 g/mol. The van der Waals surface area contributed by atoms with Gasteiger partial charge in [-0.05, 0) is 36.1 Å². The summed E-state index contributed by atoms with van der Waals surface area (Å²) in [5.74, 6) is -0.170. The summed E-state index contributed by atoms with van der Waals surface area (Å²) >= 11 is 3.39. The van der Waals surface area contributed by atoms with Gasteiger partial charge < -0.3 is 4.57 Å². The van der Waals surface area contributed by atoms with Crippen LogP contribution in [0.15, 0.2) is 30.5 Å². The smallest absolute Gasteiger partial charge is 0.125 e. The van der Waals surface area contributed by atoms with Crippen LogP contribution in [0.25, 0.3) is 10.9 Å². The number of aromatic nitrogens is 1. The minimum atomic E-state index is -0.170. The lowest BCUT2D eigenvalue weighted by atomic mass is 10.2.